The average Bonchev–Trinajstić information content (AvgIpc) is 3.31. The molecule has 32 heavy (non-hydrogen) atoms. The summed E-state index contributed by atoms with van der Waals surface area (Å²) in [6.45, 7) is 3.63. The summed E-state index contributed by atoms with van der Waals surface area (Å²) in [4.78, 5) is 31.3. The smallest absolute Gasteiger partial charge is 0.352 e. The third kappa shape index (κ3) is 5.83. The lowest BCUT2D eigenvalue weighted by atomic mass is 10.2. The topological polar surface area (TPSA) is 105 Å². The van der Waals surface area contributed by atoms with Crippen LogP contribution >= 0.6 is 0 Å². The van der Waals surface area contributed by atoms with Gasteiger partial charge in [-0.2, -0.15) is 18.3 Å². The first kappa shape index (κ1) is 23.2. The number of imidazole rings is 1. The van der Waals surface area contributed by atoms with Crippen molar-refractivity contribution >= 4 is 22.8 Å². The molecule has 0 aliphatic carbocycles. The fourth-order valence-electron chi connectivity index (χ4n) is 3.04. The lowest BCUT2D eigenvalue weighted by Gasteiger charge is -2.10. The highest BCUT2D eigenvalue weighted by molar-refractivity contribution is 5.92. The summed E-state index contributed by atoms with van der Waals surface area (Å²) in [5.74, 6) is -1.61. The molecule has 2 heterocycles. The molecular weight excluding hydrogens is 432 g/mol. The van der Waals surface area contributed by atoms with Gasteiger partial charge in [0.2, 0.25) is 5.91 Å². The largest absolute Gasteiger partial charge is 0.389 e. The number of hydrogen-bond donors (Lipinski definition) is 3. The number of carbonyl (C=O) groups excluding carboxylic acids is 2. The van der Waals surface area contributed by atoms with Crippen molar-refractivity contribution in [3.8, 4) is 0 Å². The highest BCUT2D eigenvalue weighted by atomic mass is 19.4. The highest BCUT2D eigenvalue weighted by Crippen LogP contribution is 2.21. The molecule has 3 rings (SSSR count). The van der Waals surface area contributed by atoms with Crippen LogP contribution in [-0.4, -0.2) is 37.7 Å². The zero-order chi connectivity index (χ0) is 23.5. The number of nitrogens with one attached hydrogen (secondary N) is 3. The fraction of sp³-hybridized carbons (Fsp3) is 0.400. The van der Waals surface area contributed by atoms with Crippen LogP contribution in [0.4, 0.5) is 17.6 Å². The third-order valence-corrected chi connectivity index (χ3v) is 4.59. The van der Waals surface area contributed by atoms with Gasteiger partial charge in [0.05, 0.1) is 30.2 Å². The molecule has 0 saturated carbocycles. The number of aromatic nitrogens is 4. The van der Waals surface area contributed by atoms with Crippen molar-refractivity contribution in [1.29, 1.82) is 0 Å². The number of halogens is 4. The molecule has 0 aliphatic rings. The molecule has 0 bridgehead atoms. The zero-order valence-electron chi connectivity index (χ0n) is 17.4. The van der Waals surface area contributed by atoms with E-state index in [4.69, 9.17) is 0 Å². The maximum atomic E-state index is 13.9. The van der Waals surface area contributed by atoms with Crippen molar-refractivity contribution in [2.24, 2.45) is 0 Å². The minimum absolute atomic E-state index is 0.0136. The van der Waals surface area contributed by atoms with Gasteiger partial charge >= 0.3 is 6.18 Å². The molecule has 0 atom stereocenters. The van der Waals surface area contributed by atoms with E-state index in [1.54, 1.807) is 32.0 Å². The summed E-state index contributed by atoms with van der Waals surface area (Å²) in [6.07, 6.45) is -5.19. The summed E-state index contributed by atoms with van der Waals surface area (Å²) in [5.41, 5.74) is 1.72. The monoisotopic (exact) mass is 454 g/mol. The Balaban J connectivity index is 1.60. The average molecular weight is 454 g/mol. The van der Waals surface area contributed by atoms with Gasteiger partial charge in [-0.1, -0.05) is 6.07 Å². The third-order valence-electron chi connectivity index (χ3n) is 4.59. The Labute approximate surface area is 180 Å². The molecule has 0 radical (unpaired) electrons. The number of carbonyl (C=O) groups is 2. The molecule has 12 heteroatoms. The Morgan fingerprint density at radius 3 is 2.62 bits per heavy atom. The second kappa shape index (κ2) is 9.37. The lowest BCUT2D eigenvalue weighted by Crippen LogP contribution is -2.27. The number of hydrogen-bond acceptors (Lipinski definition) is 4. The number of alkyl halides is 3. The quantitative estimate of drug-likeness (QED) is 0.454. The predicted octanol–water partition coefficient (Wildman–Crippen LogP) is 3.37. The molecule has 1 aromatic carbocycles. The van der Waals surface area contributed by atoms with Gasteiger partial charge < -0.3 is 15.6 Å². The second-order valence-corrected chi connectivity index (χ2v) is 7.49. The number of H-pyrrole nitrogens is 1. The van der Waals surface area contributed by atoms with E-state index in [0.717, 1.165) is 6.20 Å². The van der Waals surface area contributed by atoms with Gasteiger partial charge in [0.1, 0.15) is 5.82 Å². The van der Waals surface area contributed by atoms with Crippen LogP contribution < -0.4 is 10.6 Å². The second-order valence-electron chi connectivity index (χ2n) is 7.49. The van der Waals surface area contributed by atoms with Gasteiger partial charge in [0, 0.05) is 19.0 Å². The number of rotatable bonds is 8. The van der Waals surface area contributed by atoms with Crippen LogP contribution in [0, 0.1) is 5.82 Å². The van der Waals surface area contributed by atoms with Gasteiger partial charge in [-0.25, -0.2) is 9.37 Å². The van der Waals surface area contributed by atoms with Gasteiger partial charge in [-0.05, 0) is 31.5 Å². The van der Waals surface area contributed by atoms with Gasteiger partial charge in [-0.15, -0.1) is 0 Å². The lowest BCUT2D eigenvalue weighted by molar-refractivity contribution is -0.144. The fourth-order valence-corrected chi connectivity index (χ4v) is 3.04. The van der Waals surface area contributed by atoms with Crippen LogP contribution in [0.3, 0.4) is 0 Å². The Bertz CT molecular complexity index is 1120. The van der Waals surface area contributed by atoms with Gasteiger partial charge in [-0.3, -0.25) is 14.3 Å². The first-order valence-corrected chi connectivity index (χ1v) is 9.85. The first-order valence-electron chi connectivity index (χ1n) is 9.85. The molecule has 0 fully saturated rings. The van der Waals surface area contributed by atoms with Crippen LogP contribution in [0.1, 0.15) is 54.6 Å². The molecular formula is C20H22F4N6O2. The number of amides is 2. The minimum atomic E-state index is -4.38. The van der Waals surface area contributed by atoms with Crippen LogP contribution in [-0.2, 0) is 17.9 Å². The normalized spacial score (nSPS) is 11.8. The Morgan fingerprint density at radius 1 is 1.19 bits per heavy atom. The van der Waals surface area contributed by atoms with Gasteiger partial charge in [0.25, 0.3) is 5.91 Å². The van der Waals surface area contributed by atoms with Crippen molar-refractivity contribution in [2.75, 3.05) is 0 Å². The van der Waals surface area contributed by atoms with E-state index in [0.29, 0.717) is 22.4 Å². The first-order chi connectivity index (χ1) is 15.0. The van der Waals surface area contributed by atoms with E-state index in [-0.39, 0.29) is 24.8 Å². The maximum absolute atomic E-state index is 13.9. The summed E-state index contributed by atoms with van der Waals surface area (Å²) >= 11 is 0. The zero-order valence-corrected chi connectivity index (χ0v) is 17.4. The SMILES string of the molecule is CC(C)n1ncc(F)c1C(=O)NCc1nc2ccc(CNC(=O)CCC(F)(F)F)cc2[nH]1. The molecule has 2 aromatic heterocycles. The molecule has 8 nitrogen and oxygen atoms in total. The van der Waals surface area contributed by atoms with E-state index in [1.807, 2.05) is 0 Å². The Morgan fingerprint density at radius 2 is 1.94 bits per heavy atom. The van der Waals surface area contributed by atoms with Crippen molar-refractivity contribution in [2.45, 2.75) is 52.0 Å². The van der Waals surface area contributed by atoms with Crippen molar-refractivity contribution in [1.82, 2.24) is 30.4 Å². The summed E-state index contributed by atoms with van der Waals surface area (Å²) in [7, 11) is 0. The van der Waals surface area contributed by atoms with Crippen molar-refractivity contribution in [3.63, 3.8) is 0 Å². The highest BCUT2D eigenvalue weighted by Gasteiger charge is 2.27. The molecule has 3 aromatic rings. The Hall–Kier alpha value is -3.44. The number of aromatic amines is 1. The van der Waals surface area contributed by atoms with Crippen LogP contribution in [0.2, 0.25) is 0 Å². The molecule has 0 saturated heterocycles. The predicted molar refractivity (Wildman–Crippen MR) is 107 cm³/mol. The van der Waals surface area contributed by atoms with Crippen molar-refractivity contribution < 1.29 is 27.2 Å². The summed E-state index contributed by atoms with van der Waals surface area (Å²) in [6, 6.07) is 4.87. The van der Waals surface area contributed by atoms with Crippen LogP contribution in [0.5, 0.6) is 0 Å². The van der Waals surface area contributed by atoms with E-state index in [2.05, 4.69) is 25.7 Å². The van der Waals surface area contributed by atoms with Crippen molar-refractivity contribution in [3.05, 3.63) is 47.3 Å². The van der Waals surface area contributed by atoms with E-state index < -0.39 is 36.6 Å². The number of benzene rings is 1. The maximum Gasteiger partial charge on any atom is 0.389 e. The number of nitrogens with zero attached hydrogens (tertiary/aromatic N) is 3. The number of fused-ring (bicyclic) bond motifs is 1. The molecule has 0 spiro atoms. The molecule has 2 amide bonds. The molecule has 0 aliphatic heterocycles. The van der Waals surface area contributed by atoms with Gasteiger partial charge in [0.15, 0.2) is 11.5 Å². The molecule has 172 valence electrons. The summed E-state index contributed by atoms with van der Waals surface area (Å²) < 4.78 is 51.8. The summed E-state index contributed by atoms with van der Waals surface area (Å²) in [5, 5.41) is 8.90. The Kier molecular flexibility index (Phi) is 6.80. The standard InChI is InChI=1S/C20H22F4N6O2/c1-11(2)30-18(13(21)9-27-30)19(32)26-10-16-28-14-4-3-12(7-15(14)29-16)8-25-17(31)5-6-20(22,23)24/h3-4,7,9,11H,5-6,8,10H2,1-2H3,(H,25,31)(H,26,32)(H,28,29). The van der Waals surface area contributed by atoms with E-state index in [9.17, 15) is 27.2 Å². The van der Waals surface area contributed by atoms with Crippen LogP contribution in [0.15, 0.2) is 24.4 Å². The minimum Gasteiger partial charge on any atom is -0.352 e. The molecule has 0 unspecified atom stereocenters. The van der Waals surface area contributed by atoms with E-state index >= 15 is 0 Å². The van der Waals surface area contributed by atoms with Crippen LogP contribution in [0.25, 0.3) is 11.0 Å². The van der Waals surface area contributed by atoms with E-state index in [1.165, 1.54) is 4.68 Å². The molecule has 3 N–H and O–H groups in total.